The first-order chi connectivity index (χ1) is 7.24. The fraction of sp³-hybridized carbons (Fsp3) is 0.600. The van der Waals surface area contributed by atoms with E-state index in [1.807, 2.05) is 13.2 Å². The average molecular weight is 245 g/mol. The maximum atomic E-state index is 11.6. The topological polar surface area (TPSA) is 59.0 Å². The van der Waals surface area contributed by atoms with E-state index in [-0.39, 0.29) is 18.3 Å². The van der Waals surface area contributed by atoms with Crippen LogP contribution in [0.2, 0.25) is 0 Å². The molecule has 5 nitrogen and oxygen atoms in total. The molecule has 1 aromatic heterocycles. The van der Waals surface area contributed by atoms with Crippen molar-refractivity contribution in [1.82, 2.24) is 15.1 Å². The van der Waals surface area contributed by atoms with Crippen LogP contribution >= 0.6 is 12.4 Å². The Bertz CT molecular complexity index is 346. The number of hydrogen-bond donors (Lipinski definition) is 2. The Kier molecular flexibility index (Phi) is 4.76. The molecule has 0 aromatic carbocycles. The van der Waals surface area contributed by atoms with E-state index in [2.05, 4.69) is 15.7 Å². The molecule has 6 heteroatoms. The molecule has 1 unspecified atom stereocenters. The summed E-state index contributed by atoms with van der Waals surface area (Å²) in [5, 5.41) is 10.1. The number of hydrogen-bond acceptors (Lipinski definition) is 3. The Morgan fingerprint density at radius 3 is 3.12 bits per heavy atom. The number of carbonyl (C=O) groups is 1. The lowest BCUT2D eigenvalue weighted by Crippen LogP contribution is -2.18. The zero-order chi connectivity index (χ0) is 10.7. The highest BCUT2D eigenvalue weighted by atomic mass is 35.5. The van der Waals surface area contributed by atoms with Crippen LogP contribution in [0.1, 0.15) is 12.8 Å². The van der Waals surface area contributed by atoms with Crippen molar-refractivity contribution in [2.45, 2.75) is 12.8 Å². The van der Waals surface area contributed by atoms with Gasteiger partial charge in [0.1, 0.15) is 0 Å². The molecule has 0 radical (unpaired) electrons. The van der Waals surface area contributed by atoms with Gasteiger partial charge in [-0.25, -0.2) is 0 Å². The summed E-state index contributed by atoms with van der Waals surface area (Å²) in [5.41, 5.74) is 0. The standard InChI is InChI=1S/C10H16N4O.ClH/c1-14-5-3-9(13-14)12-10(15)6-8-2-4-11-7-8;/h3,5,8,11H,2,4,6-7H2,1H3,(H,12,13,15);1H. The highest BCUT2D eigenvalue weighted by Crippen LogP contribution is 2.13. The molecule has 1 fully saturated rings. The Morgan fingerprint density at radius 2 is 2.56 bits per heavy atom. The highest BCUT2D eigenvalue weighted by Gasteiger charge is 2.18. The molecular formula is C10H17ClN4O. The van der Waals surface area contributed by atoms with E-state index < -0.39 is 0 Å². The summed E-state index contributed by atoms with van der Waals surface area (Å²) in [6.07, 6.45) is 3.49. The van der Waals surface area contributed by atoms with Gasteiger partial charge in [-0.1, -0.05) is 0 Å². The lowest BCUT2D eigenvalue weighted by molar-refractivity contribution is -0.117. The van der Waals surface area contributed by atoms with Crippen molar-refractivity contribution in [3.8, 4) is 0 Å². The first-order valence-corrected chi connectivity index (χ1v) is 5.24. The molecule has 2 heterocycles. The first kappa shape index (κ1) is 13.0. The molecule has 0 aliphatic carbocycles. The Hall–Kier alpha value is -1.07. The number of aryl methyl sites for hydroxylation is 1. The third kappa shape index (κ3) is 3.50. The smallest absolute Gasteiger partial charge is 0.225 e. The van der Waals surface area contributed by atoms with Crippen LogP contribution in [0.3, 0.4) is 0 Å². The quantitative estimate of drug-likeness (QED) is 0.826. The summed E-state index contributed by atoms with van der Waals surface area (Å²) in [5.74, 6) is 1.17. The van der Waals surface area contributed by atoms with Gasteiger partial charge in [-0.05, 0) is 25.4 Å². The molecule has 1 aliphatic rings. The van der Waals surface area contributed by atoms with Crippen molar-refractivity contribution in [2.75, 3.05) is 18.4 Å². The van der Waals surface area contributed by atoms with E-state index in [1.54, 1.807) is 10.7 Å². The predicted octanol–water partition coefficient (Wildman–Crippen LogP) is 0.780. The minimum absolute atomic E-state index is 0. The van der Waals surface area contributed by atoms with Gasteiger partial charge in [0.2, 0.25) is 5.91 Å². The van der Waals surface area contributed by atoms with E-state index in [1.165, 1.54) is 0 Å². The zero-order valence-corrected chi connectivity index (χ0v) is 10.1. The average Bonchev–Trinajstić information content (AvgIpc) is 2.77. The van der Waals surface area contributed by atoms with Crippen LogP contribution in [0.25, 0.3) is 0 Å². The molecule has 0 spiro atoms. The van der Waals surface area contributed by atoms with Crippen LogP contribution < -0.4 is 10.6 Å². The second kappa shape index (κ2) is 5.86. The van der Waals surface area contributed by atoms with Gasteiger partial charge in [0.25, 0.3) is 0 Å². The van der Waals surface area contributed by atoms with Crippen LogP contribution in [-0.2, 0) is 11.8 Å². The van der Waals surface area contributed by atoms with Gasteiger partial charge < -0.3 is 10.6 Å². The molecule has 1 aromatic rings. The number of halogens is 1. The number of nitrogens with one attached hydrogen (secondary N) is 2. The largest absolute Gasteiger partial charge is 0.316 e. The number of nitrogens with zero attached hydrogens (tertiary/aromatic N) is 2. The van der Waals surface area contributed by atoms with Gasteiger partial charge in [0, 0.05) is 25.7 Å². The minimum Gasteiger partial charge on any atom is -0.316 e. The number of aromatic nitrogens is 2. The van der Waals surface area contributed by atoms with E-state index in [9.17, 15) is 4.79 Å². The van der Waals surface area contributed by atoms with Crippen LogP contribution in [0.15, 0.2) is 12.3 Å². The fourth-order valence-electron chi connectivity index (χ4n) is 1.83. The summed E-state index contributed by atoms with van der Waals surface area (Å²) >= 11 is 0. The normalized spacial score (nSPS) is 19.2. The summed E-state index contributed by atoms with van der Waals surface area (Å²) in [6, 6.07) is 1.80. The molecule has 1 saturated heterocycles. The van der Waals surface area contributed by atoms with Gasteiger partial charge in [0.15, 0.2) is 5.82 Å². The number of amides is 1. The highest BCUT2D eigenvalue weighted by molar-refractivity contribution is 5.89. The summed E-state index contributed by atoms with van der Waals surface area (Å²) < 4.78 is 1.67. The summed E-state index contributed by atoms with van der Waals surface area (Å²) in [6.45, 7) is 1.98. The van der Waals surface area contributed by atoms with Crippen molar-refractivity contribution in [3.05, 3.63) is 12.3 Å². The van der Waals surface area contributed by atoms with Gasteiger partial charge in [-0.2, -0.15) is 5.10 Å². The zero-order valence-electron chi connectivity index (χ0n) is 9.27. The van der Waals surface area contributed by atoms with Gasteiger partial charge in [-0.3, -0.25) is 9.48 Å². The molecule has 2 rings (SSSR count). The van der Waals surface area contributed by atoms with Crippen LogP contribution in [0.5, 0.6) is 0 Å². The molecule has 16 heavy (non-hydrogen) atoms. The second-order valence-corrected chi connectivity index (χ2v) is 3.99. The molecular weight excluding hydrogens is 228 g/mol. The second-order valence-electron chi connectivity index (χ2n) is 3.99. The predicted molar refractivity (Wildman–Crippen MR) is 64.7 cm³/mol. The van der Waals surface area contributed by atoms with Crippen molar-refractivity contribution in [2.24, 2.45) is 13.0 Å². The van der Waals surface area contributed by atoms with Crippen molar-refractivity contribution >= 4 is 24.1 Å². The molecule has 1 amide bonds. The van der Waals surface area contributed by atoms with E-state index >= 15 is 0 Å². The van der Waals surface area contributed by atoms with Gasteiger partial charge in [-0.15, -0.1) is 12.4 Å². The summed E-state index contributed by atoms with van der Waals surface area (Å²) in [7, 11) is 1.83. The molecule has 0 saturated carbocycles. The molecule has 1 aliphatic heterocycles. The van der Waals surface area contributed by atoms with Crippen LogP contribution in [0.4, 0.5) is 5.82 Å². The monoisotopic (exact) mass is 244 g/mol. The summed E-state index contributed by atoms with van der Waals surface area (Å²) in [4.78, 5) is 11.6. The maximum absolute atomic E-state index is 11.6. The van der Waals surface area contributed by atoms with Crippen molar-refractivity contribution in [1.29, 1.82) is 0 Å². The first-order valence-electron chi connectivity index (χ1n) is 5.24. The molecule has 90 valence electrons. The van der Waals surface area contributed by atoms with Crippen LogP contribution in [0, 0.1) is 5.92 Å². The Morgan fingerprint density at radius 1 is 1.75 bits per heavy atom. The number of carbonyl (C=O) groups excluding carboxylic acids is 1. The third-order valence-electron chi connectivity index (χ3n) is 2.62. The number of rotatable bonds is 3. The lowest BCUT2D eigenvalue weighted by Gasteiger charge is -2.06. The Labute approximate surface area is 101 Å². The molecule has 0 bridgehead atoms. The van der Waals surface area contributed by atoms with Crippen molar-refractivity contribution < 1.29 is 4.79 Å². The van der Waals surface area contributed by atoms with E-state index in [4.69, 9.17) is 0 Å². The lowest BCUT2D eigenvalue weighted by atomic mass is 10.0. The minimum atomic E-state index is 0. The van der Waals surface area contributed by atoms with Crippen molar-refractivity contribution in [3.63, 3.8) is 0 Å². The molecule has 2 N–H and O–H groups in total. The fourth-order valence-corrected chi connectivity index (χ4v) is 1.83. The van der Waals surface area contributed by atoms with E-state index in [0.29, 0.717) is 18.2 Å². The third-order valence-corrected chi connectivity index (χ3v) is 2.62. The van der Waals surface area contributed by atoms with Crippen LogP contribution in [-0.4, -0.2) is 28.8 Å². The van der Waals surface area contributed by atoms with Gasteiger partial charge >= 0.3 is 0 Å². The van der Waals surface area contributed by atoms with E-state index in [0.717, 1.165) is 19.5 Å². The Balaban J connectivity index is 0.00000128. The molecule has 1 atom stereocenters. The number of anilines is 1. The van der Waals surface area contributed by atoms with Gasteiger partial charge in [0.05, 0.1) is 0 Å². The SMILES string of the molecule is Cl.Cn1ccc(NC(=O)CC2CCNC2)n1. The maximum Gasteiger partial charge on any atom is 0.225 e.